The number of benzene rings is 1. The van der Waals surface area contributed by atoms with Crippen molar-refractivity contribution >= 4 is 23.2 Å². The van der Waals surface area contributed by atoms with Crippen LogP contribution in [0.3, 0.4) is 0 Å². The van der Waals surface area contributed by atoms with Gasteiger partial charge in [-0.3, -0.25) is 4.79 Å². The Kier molecular flexibility index (Phi) is 6.01. The molecule has 3 nitrogen and oxygen atoms in total. The Morgan fingerprint density at radius 3 is 2.56 bits per heavy atom. The average Bonchev–Trinajstić information content (AvgIpc) is 2.36. The van der Waals surface area contributed by atoms with E-state index in [-0.39, 0.29) is 12.5 Å². The molecule has 0 fully saturated rings. The van der Waals surface area contributed by atoms with E-state index in [0.717, 1.165) is 5.69 Å². The van der Waals surface area contributed by atoms with E-state index in [2.05, 4.69) is 18.5 Å². The zero-order chi connectivity index (χ0) is 13.4. The van der Waals surface area contributed by atoms with E-state index < -0.39 is 0 Å². The molecule has 0 spiro atoms. The fraction of sp³-hybridized carbons (Fsp3) is 0.214. The number of hydrogen-bond acceptors (Lipinski definition) is 2. The van der Waals surface area contributed by atoms with Crippen molar-refractivity contribution in [1.82, 2.24) is 4.90 Å². The molecule has 1 amide bonds. The highest BCUT2D eigenvalue weighted by Crippen LogP contribution is 2.14. The lowest BCUT2D eigenvalue weighted by Crippen LogP contribution is -2.35. The quantitative estimate of drug-likeness (QED) is 0.768. The molecule has 4 heteroatoms. The third kappa shape index (κ3) is 4.63. The Morgan fingerprint density at radius 2 is 2.00 bits per heavy atom. The standard InChI is InChI=1S/C14H17ClN2O/c1-3-8-17(9-4-2)14(18)11-16-13-7-5-6-12(15)10-13/h3-7,10,16H,1-2,8-9,11H2. The minimum Gasteiger partial charge on any atom is -0.376 e. The molecule has 1 aromatic carbocycles. The van der Waals surface area contributed by atoms with Gasteiger partial charge in [-0.25, -0.2) is 0 Å². The van der Waals surface area contributed by atoms with Crippen LogP contribution < -0.4 is 5.32 Å². The van der Waals surface area contributed by atoms with Crippen LogP contribution in [-0.4, -0.2) is 30.4 Å². The average molecular weight is 265 g/mol. The first-order valence-electron chi connectivity index (χ1n) is 5.66. The van der Waals surface area contributed by atoms with E-state index in [4.69, 9.17) is 11.6 Å². The van der Waals surface area contributed by atoms with Crippen molar-refractivity contribution in [3.63, 3.8) is 0 Å². The smallest absolute Gasteiger partial charge is 0.242 e. The van der Waals surface area contributed by atoms with E-state index in [1.165, 1.54) is 0 Å². The van der Waals surface area contributed by atoms with E-state index >= 15 is 0 Å². The van der Waals surface area contributed by atoms with Crippen LogP contribution in [0, 0.1) is 0 Å². The van der Waals surface area contributed by atoms with Gasteiger partial charge in [-0.15, -0.1) is 13.2 Å². The normalized spacial score (nSPS) is 9.61. The van der Waals surface area contributed by atoms with E-state index in [0.29, 0.717) is 18.1 Å². The Morgan fingerprint density at radius 1 is 1.33 bits per heavy atom. The summed E-state index contributed by atoms with van der Waals surface area (Å²) in [6, 6.07) is 7.27. The molecule has 96 valence electrons. The Hall–Kier alpha value is -1.74. The van der Waals surface area contributed by atoms with Gasteiger partial charge in [0, 0.05) is 23.8 Å². The second kappa shape index (κ2) is 7.56. The third-order valence-corrected chi connectivity index (χ3v) is 2.56. The molecule has 0 saturated carbocycles. The topological polar surface area (TPSA) is 32.3 Å². The molecule has 18 heavy (non-hydrogen) atoms. The van der Waals surface area contributed by atoms with Gasteiger partial charge >= 0.3 is 0 Å². The first kappa shape index (κ1) is 14.3. The maximum absolute atomic E-state index is 11.9. The molecule has 0 aliphatic carbocycles. The highest BCUT2D eigenvalue weighted by atomic mass is 35.5. The van der Waals surface area contributed by atoms with Crippen LogP contribution in [0.2, 0.25) is 5.02 Å². The molecule has 0 atom stereocenters. The Balaban J connectivity index is 2.53. The van der Waals surface area contributed by atoms with Crippen LogP contribution in [0.4, 0.5) is 5.69 Å². The summed E-state index contributed by atoms with van der Waals surface area (Å²) < 4.78 is 0. The number of hydrogen-bond donors (Lipinski definition) is 1. The number of carbonyl (C=O) groups is 1. The van der Waals surface area contributed by atoms with Crippen LogP contribution in [0.15, 0.2) is 49.6 Å². The predicted molar refractivity (Wildman–Crippen MR) is 76.9 cm³/mol. The second-order valence-corrected chi connectivity index (χ2v) is 4.18. The zero-order valence-corrected chi connectivity index (χ0v) is 11.0. The van der Waals surface area contributed by atoms with E-state index in [1.54, 1.807) is 29.2 Å². The zero-order valence-electron chi connectivity index (χ0n) is 10.2. The van der Waals surface area contributed by atoms with Crippen LogP contribution in [0.5, 0.6) is 0 Å². The predicted octanol–water partition coefficient (Wildman–Crippen LogP) is 2.95. The van der Waals surface area contributed by atoms with Crippen molar-refractivity contribution in [1.29, 1.82) is 0 Å². The molecule has 0 aliphatic rings. The van der Waals surface area contributed by atoms with Crippen molar-refractivity contribution in [2.75, 3.05) is 25.0 Å². The lowest BCUT2D eigenvalue weighted by Gasteiger charge is -2.19. The van der Waals surface area contributed by atoms with Gasteiger partial charge in [0.1, 0.15) is 0 Å². The summed E-state index contributed by atoms with van der Waals surface area (Å²) in [6.07, 6.45) is 3.39. The summed E-state index contributed by atoms with van der Waals surface area (Å²) in [6.45, 7) is 8.51. The SMILES string of the molecule is C=CCN(CC=C)C(=O)CNc1cccc(Cl)c1. The van der Waals surface area contributed by atoms with Gasteiger partial charge in [-0.1, -0.05) is 29.8 Å². The monoisotopic (exact) mass is 264 g/mol. The van der Waals surface area contributed by atoms with Gasteiger partial charge in [0.2, 0.25) is 5.91 Å². The van der Waals surface area contributed by atoms with Gasteiger partial charge in [0.25, 0.3) is 0 Å². The fourth-order valence-corrected chi connectivity index (χ4v) is 1.67. The maximum atomic E-state index is 11.9. The molecular weight excluding hydrogens is 248 g/mol. The van der Waals surface area contributed by atoms with Crippen LogP contribution >= 0.6 is 11.6 Å². The summed E-state index contributed by atoms with van der Waals surface area (Å²) in [5, 5.41) is 3.68. The first-order valence-corrected chi connectivity index (χ1v) is 6.04. The molecule has 0 aromatic heterocycles. The Labute approximate surface area is 113 Å². The van der Waals surface area contributed by atoms with Crippen molar-refractivity contribution in [2.24, 2.45) is 0 Å². The number of rotatable bonds is 7. The number of halogens is 1. The van der Waals surface area contributed by atoms with Gasteiger partial charge in [0.15, 0.2) is 0 Å². The molecule has 1 N–H and O–H groups in total. The lowest BCUT2D eigenvalue weighted by molar-refractivity contribution is -0.128. The molecule has 0 heterocycles. The summed E-state index contributed by atoms with van der Waals surface area (Å²) in [7, 11) is 0. The van der Waals surface area contributed by atoms with Gasteiger partial charge in [0.05, 0.1) is 6.54 Å². The van der Waals surface area contributed by atoms with Crippen molar-refractivity contribution in [3.8, 4) is 0 Å². The van der Waals surface area contributed by atoms with E-state index in [9.17, 15) is 4.79 Å². The molecule has 0 unspecified atom stereocenters. The largest absolute Gasteiger partial charge is 0.376 e. The second-order valence-electron chi connectivity index (χ2n) is 3.74. The summed E-state index contributed by atoms with van der Waals surface area (Å²) in [5.41, 5.74) is 0.827. The Bertz CT molecular complexity index is 422. The molecule has 1 rings (SSSR count). The highest BCUT2D eigenvalue weighted by Gasteiger charge is 2.09. The minimum atomic E-state index is -0.00484. The lowest BCUT2D eigenvalue weighted by atomic mass is 10.3. The van der Waals surface area contributed by atoms with Gasteiger partial charge < -0.3 is 10.2 Å². The molecule has 0 radical (unpaired) electrons. The molecule has 0 bridgehead atoms. The van der Waals surface area contributed by atoms with Crippen LogP contribution in [0.25, 0.3) is 0 Å². The maximum Gasteiger partial charge on any atom is 0.242 e. The first-order chi connectivity index (χ1) is 8.67. The number of nitrogens with zero attached hydrogens (tertiary/aromatic N) is 1. The number of nitrogens with one attached hydrogen (secondary N) is 1. The van der Waals surface area contributed by atoms with E-state index in [1.807, 2.05) is 12.1 Å². The fourth-order valence-electron chi connectivity index (χ4n) is 1.48. The number of amides is 1. The molecule has 0 saturated heterocycles. The van der Waals surface area contributed by atoms with Crippen molar-refractivity contribution in [2.45, 2.75) is 0 Å². The van der Waals surface area contributed by atoms with Gasteiger partial charge in [-0.05, 0) is 18.2 Å². The van der Waals surface area contributed by atoms with Gasteiger partial charge in [-0.2, -0.15) is 0 Å². The van der Waals surface area contributed by atoms with Crippen LogP contribution in [-0.2, 0) is 4.79 Å². The summed E-state index contributed by atoms with van der Waals surface area (Å²) in [4.78, 5) is 13.6. The summed E-state index contributed by atoms with van der Waals surface area (Å²) in [5.74, 6) is -0.00484. The van der Waals surface area contributed by atoms with Crippen molar-refractivity contribution < 1.29 is 4.79 Å². The third-order valence-electron chi connectivity index (χ3n) is 2.32. The minimum absolute atomic E-state index is 0.00484. The number of carbonyl (C=O) groups excluding carboxylic acids is 1. The number of anilines is 1. The molecule has 0 aliphatic heterocycles. The van der Waals surface area contributed by atoms with Crippen LogP contribution in [0.1, 0.15) is 0 Å². The summed E-state index contributed by atoms with van der Waals surface area (Å²) >= 11 is 5.86. The van der Waals surface area contributed by atoms with Crippen molar-refractivity contribution in [3.05, 3.63) is 54.6 Å². The highest BCUT2D eigenvalue weighted by molar-refractivity contribution is 6.30. The molecule has 1 aromatic rings. The molecular formula is C14H17ClN2O.